The molecule has 10 aromatic rings. The van der Waals surface area contributed by atoms with Crippen molar-refractivity contribution in [2.75, 3.05) is 0 Å². The van der Waals surface area contributed by atoms with E-state index in [1.54, 1.807) is 6.07 Å². The van der Waals surface area contributed by atoms with Crippen LogP contribution < -0.4 is 0 Å². The Balaban J connectivity index is 1.23. The summed E-state index contributed by atoms with van der Waals surface area (Å²) in [6.45, 7) is 0. The zero-order chi connectivity index (χ0) is 37.5. The van der Waals surface area contributed by atoms with E-state index in [1.165, 1.54) is 0 Å². The zero-order valence-corrected chi connectivity index (χ0v) is 26.3. The smallest absolute Gasteiger partial charge is 0.143 e. The molecule has 0 bridgehead atoms. The molecule has 0 spiro atoms. The number of benzene rings is 9. The van der Waals surface area contributed by atoms with Crippen LogP contribution in [-0.2, 0) is 0 Å². The lowest BCUT2D eigenvalue weighted by Crippen LogP contribution is -1.90. The summed E-state index contributed by atoms with van der Waals surface area (Å²) in [6.07, 6.45) is 0. The third kappa shape index (κ3) is 4.47. The van der Waals surface area contributed by atoms with Crippen LogP contribution in [-0.4, -0.2) is 0 Å². The summed E-state index contributed by atoms with van der Waals surface area (Å²) in [5, 5.41) is 5.25. The van der Waals surface area contributed by atoms with Gasteiger partial charge in [0.2, 0.25) is 0 Å². The molecule has 0 amide bonds. The highest BCUT2D eigenvalue weighted by Gasteiger charge is 2.17. The topological polar surface area (TPSA) is 13.1 Å². The molecule has 1 aromatic heterocycles. The van der Waals surface area contributed by atoms with Crippen LogP contribution in [0.4, 0.5) is 0 Å². The minimum Gasteiger partial charge on any atom is -0.455 e. The van der Waals surface area contributed by atoms with Crippen LogP contribution in [0.25, 0.3) is 98.8 Å². The predicted octanol–water partition coefficient (Wildman–Crippen LogP) is 13.7. The lowest BCUT2D eigenvalue weighted by molar-refractivity contribution is 0.670. The van der Waals surface area contributed by atoms with Crippen molar-refractivity contribution in [3.05, 3.63) is 182 Å². The predicted molar refractivity (Wildman–Crippen MR) is 208 cm³/mol. The Morgan fingerprint density at radius 1 is 0.367 bits per heavy atom. The third-order valence-electron chi connectivity index (χ3n) is 9.49. The van der Waals surface area contributed by atoms with Gasteiger partial charge in [-0.15, -0.1) is 0 Å². The fourth-order valence-electron chi connectivity index (χ4n) is 7.26. The standard InChI is InChI=1S/C48H30O/c1-3-12-31(13-4-1)38-20-11-21-43-44-30-36(26-27-45(44)49-48(38)43)34-22-23-35-29-37(25-24-33(35)28-34)47-41-18-9-7-16-39(41)46(32-14-5-2-6-15-32)40-17-8-10-19-42(40)47/h1-30H/i22D,23D,24D,25D,28D,29D. The van der Waals surface area contributed by atoms with Gasteiger partial charge in [-0.2, -0.15) is 0 Å². The summed E-state index contributed by atoms with van der Waals surface area (Å²) < 4.78 is 63.0. The minimum absolute atomic E-state index is 0.0211. The maximum absolute atomic E-state index is 9.66. The van der Waals surface area contributed by atoms with E-state index in [4.69, 9.17) is 4.42 Å². The Hall–Kier alpha value is -6.44. The first-order valence-electron chi connectivity index (χ1n) is 19.4. The molecule has 0 fully saturated rings. The van der Waals surface area contributed by atoms with E-state index < -0.39 is 0 Å². The molecule has 1 heteroatoms. The SMILES string of the molecule is [2H]c1c(-c2c3ccccc3c(-c3ccccc3)c3ccccc23)c([2H])c2c([2H])c([2H])c(-c3ccc4oc5c(-c6ccccc6)cccc5c4c3)c([2H])c2c1[2H]. The van der Waals surface area contributed by atoms with Crippen LogP contribution in [0.3, 0.4) is 0 Å². The Morgan fingerprint density at radius 2 is 0.898 bits per heavy atom. The first-order valence-corrected chi connectivity index (χ1v) is 16.4. The highest BCUT2D eigenvalue weighted by atomic mass is 16.3. The lowest BCUT2D eigenvalue weighted by Gasteiger charge is -2.18. The number of hydrogen-bond donors (Lipinski definition) is 0. The van der Waals surface area contributed by atoms with Gasteiger partial charge in [0.25, 0.3) is 0 Å². The maximum Gasteiger partial charge on any atom is 0.143 e. The fourth-order valence-corrected chi connectivity index (χ4v) is 7.26. The number of fused-ring (bicyclic) bond motifs is 6. The molecule has 0 atom stereocenters. The van der Waals surface area contributed by atoms with Gasteiger partial charge >= 0.3 is 0 Å². The molecule has 0 N–H and O–H groups in total. The first-order chi connectivity index (χ1) is 26.8. The van der Waals surface area contributed by atoms with E-state index in [2.05, 4.69) is 12.1 Å². The summed E-state index contributed by atoms with van der Waals surface area (Å²) in [4.78, 5) is 0. The molecular weight excluding hydrogens is 593 g/mol. The normalized spacial score (nSPS) is 13.4. The van der Waals surface area contributed by atoms with Crippen LogP contribution in [0, 0.1) is 0 Å². The molecule has 0 saturated heterocycles. The second-order valence-electron chi connectivity index (χ2n) is 12.3. The number of furan rings is 1. The van der Waals surface area contributed by atoms with Gasteiger partial charge in [0.1, 0.15) is 11.2 Å². The summed E-state index contributed by atoms with van der Waals surface area (Å²) in [7, 11) is 0. The molecule has 0 aliphatic rings. The molecule has 49 heavy (non-hydrogen) atoms. The molecule has 0 aliphatic carbocycles. The van der Waals surface area contributed by atoms with E-state index >= 15 is 0 Å². The number of rotatable bonds is 4. The summed E-state index contributed by atoms with van der Waals surface area (Å²) >= 11 is 0. The van der Waals surface area contributed by atoms with Gasteiger partial charge in [0, 0.05) is 16.3 Å². The molecule has 1 heterocycles. The van der Waals surface area contributed by atoms with Crippen LogP contribution in [0.5, 0.6) is 0 Å². The molecule has 1 nitrogen and oxygen atoms in total. The Bertz CT molecular complexity index is 3150. The average molecular weight is 629 g/mol. The summed E-state index contributed by atoms with van der Waals surface area (Å²) in [5.74, 6) is 0. The zero-order valence-electron chi connectivity index (χ0n) is 32.3. The lowest BCUT2D eigenvalue weighted by atomic mass is 9.85. The second kappa shape index (κ2) is 11.1. The van der Waals surface area contributed by atoms with Crippen LogP contribution in [0.2, 0.25) is 0 Å². The van der Waals surface area contributed by atoms with Crippen molar-refractivity contribution in [3.8, 4) is 44.5 Å². The second-order valence-corrected chi connectivity index (χ2v) is 12.3. The minimum atomic E-state index is -0.251. The highest BCUT2D eigenvalue weighted by Crippen LogP contribution is 2.44. The number of para-hydroxylation sites is 1. The van der Waals surface area contributed by atoms with Crippen LogP contribution in [0.15, 0.2) is 186 Å². The quantitative estimate of drug-likeness (QED) is 0.177. The molecule has 0 unspecified atom stereocenters. The van der Waals surface area contributed by atoms with E-state index in [-0.39, 0.29) is 58.2 Å². The maximum atomic E-state index is 9.66. The third-order valence-corrected chi connectivity index (χ3v) is 9.49. The van der Waals surface area contributed by atoms with Gasteiger partial charge in [-0.05, 0) is 95.5 Å². The molecular formula is C48H30O. The van der Waals surface area contributed by atoms with Crippen molar-refractivity contribution in [2.45, 2.75) is 0 Å². The molecule has 228 valence electrons. The van der Waals surface area contributed by atoms with Crippen LogP contribution >= 0.6 is 0 Å². The Kier molecular flexibility index (Phi) is 5.02. The molecule has 10 rings (SSSR count). The fraction of sp³-hybridized carbons (Fsp3) is 0. The molecule has 0 radical (unpaired) electrons. The van der Waals surface area contributed by atoms with Crippen molar-refractivity contribution < 1.29 is 12.6 Å². The monoisotopic (exact) mass is 628 g/mol. The van der Waals surface area contributed by atoms with Gasteiger partial charge in [0.05, 0.1) is 8.22 Å². The number of hydrogen-bond acceptors (Lipinski definition) is 1. The first kappa shape index (κ1) is 22.2. The van der Waals surface area contributed by atoms with Crippen molar-refractivity contribution in [3.63, 3.8) is 0 Å². The van der Waals surface area contributed by atoms with Gasteiger partial charge in [-0.25, -0.2) is 0 Å². The van der Waals surface area contributed by atoms with Crippen molar-refractivity contribution in [1.29, 1.82) is 0 Å². The van der Waals surface area contributed by atoms with E-state index in [9.17, 15) is 8.22 Å². The van der Waals surface area contributed by atoms with E-state index in [1.807, 2.05) is 127 Å². The van der Waals surface area contributed by atoms with E-state index in [0.29, 0.717) is 16.7 Å². The van der Waals surface area contributed by atoms with Crippen molar-refractivity contribution >= 4 is 54.3 Å². The van der Waals surface area contributed by atoms with Crippen molar-refractivity contribution in [2.24, 2.45) is 0 Å². The van der Waals surface area contributed by atoms with Crippen LogP contribution in [0.1, 0.15) is 8.22 Å². The van der Waals surface area contributed by atoms with Gasteiger partial charge in [-0.3, -0.25) is 0 Å². The molecule has 9 aromatic carbocycles. The van der Waals surface area contributed by atoms with Crippen molar-refractivity contribution in [1.82, 2.24) is 0 Å². The van der Waals surface area contributed by atoms with Gasteiger partial charge in [-0.1, -0.05) is 158 Å². The van der Waals surface area contributed by atoms with E-state index in [0.717, 1.165) is 60.2 Å². The largest absolute Gasteiger partial charge is 0.455 e. The van der Waals surface area contributed by atoms with Gasteiger partial charge in [0.15, 0.2) is 0 Å². The van der Waals surface area contributed by atoms with Gasteiger partial charge < -0.3 is 4.42 Å². The highest BCUT2D eigenvalue weighted by molar-refractivity contribution is 6.21. The summed E-state index contributed by atoms with van der Waals surface area (Å²) in [5.41, 5.74) is 6.98. The average Bonchev–Trinajstić information content (AvgIpc) is 3.60. The molecule has 0 saturated carbocycles. The Labute approximate surface area is 292 Å². The molecule has 0 aliphatic heterocycles. The summed E-state index contributed by atoms with van der Waals surface area (Å²) in [6, 6.07) is 46.2. The Morgan fingerprint density at radius 3 is 1.55 bits per heavy atom.